The summed E-state index contributed by atoms with van der Waals surface area (Å²) in [6.45, 7) is 3.81. The molecule has 0 aliphatic heterocycles. The van der Waals surface area contributed by atoms with Gasteiger partial charge < -0.3 is 10.1 Å². The maximum atomic E-state index is 13.5. The fourth-order valence-electron chi connectivity index (χ4n) is 3.42. The van der Waals surface area contributed by atoms with E-state index < -0.39 is 15.9 Å². The van der Waals surface area contributed by atoms with E-state index in [1.807, 2.05) is 37.3 Å². The Bertz CT molecular complexity index is 1270. The topological polar surface area (TPSA) is 99.5 Å². The summed E-state index contributed by atoms with van der Waals surface area (Å²) in [7, 11) is -3.97. The van der Waals surface area contributed by atoms with Crippen molar-refractivity contribution < 1.29 is 17.9 Å². The molecule has 0 aromatic heterocycles. The van der Waals surface area contributed by atoms with E-state index >= 15 is 0 Å². The number of hydrogen-bond acceptors (Lipinski definition) is 5. The zero-order valence-corrected chi connectivity index (χ0v) is 20.0. The van der Waals surface area contributed by atoms with Crippen LogP contribution in [0.4, 0.5) is 5.69 Å². The van der Waals surface area contributed by atoms with Gasteiger partial charge in [0.15, 0.2) is 0 Å². The van der Waals surface area contributed by atoms with E-state index in [-0.39, 0.29) is 24.4 Å². The number of benzene rings is 3. The molecule has 0 spiro atoms. The van der Waals surface area contributed by atoms with Gasteiger partial charge in [-0.1, -0.05) is 42.5 Å². The number of anilines is 1. The average molecular weight is 478 g/mol. The Labute approximate surface area is 200 Å². The summed E-state index contributed by atoms with van der Waals surface area (Å²) in [5.74, 6) is 0.156. The smallest absolute Gasteiger partial charge is 0.243 e. The van der Waals surface area contributed by atoms with Gasteiger partial charge in [0.2, 0.25) is 15.9 Å². The first kappa shape index (κ1) is 25.0. The number of nitrogens with one attached hydrogen (secondary N) is 1. The van der Waals surface area contributed by atoms with Gasteiger partial charge in [-0.05, 0) is 60.9 Å². The van der Waals surface area contributed by atoms with E-state index in [2.05, 4.69) is 11.4 Å². The Kier molecular flexibility index (Phi) is 8.41. The second kappa shape index (κ2) is 11.5. The second-order valence-corrected chi connectivity index (χ2v) is 9.64. The fraction of sp³-hybridized carbons (Fsp3) is 0.231. The lowest BCUT2D eigenvalue weighted by atomic mass is 10.1. The molecule has 34 heavy (non-hydrogen) atoms. The number of hydrogen-bond donors (Lipinski definition) is 1. The standard InChI is InChI=1S/C26H27N3O4S/c1-3-33-25-14-13-24(17-20(25)2)34(31,32)29(18-22-7-5-4-6-8-22)19-26(30)28-23-11-9-21(10-12-23)15-16-27/h4-14,17H,3,15,18-19H2,1-2H3,(H,28,30). The van der Waals surface area contributed by atoms with Gasteiger partial charge in [0, 0.05) is 12.2 Å². The van der Waals surface area contributed by atoms with Crippen molar-refractivity contribution in [2.45, 2.75) is 31.7 Å². The quantitative estimate of drug-likeness (QED) is 0.470. The van der Waals surface area contributed by atoms with Crippen LogP contribution in [0.3, 0.4) is 0 Å². The third-order valence-electron chi connectivity index (χ3n) is 5.13. The van der Waals surface area contributed by atoms with Crippen LogP contribution in [0, 0.1) is 18.3 Å². The molecule has 0 unspecified atom stereocenters. The van der Waals surface area contributed by atoms with Crippen LogP contribution in [-0.2, 0) is 27.8 Å². The van der Waals surface area contributed by atoms with E-state index in [1.54, 1.807) is 43.3 Å². The summed E-state index contributed by atoms with van der Waals surface area (Å²) in [6, 6.07) is 22.8. The van der Waals surface area contributed by atoms with Gasteiger partial charge >= 0.3 is 0 Å². The van der Waals surface area contributed by atoms with Gasteiger partial charge in [-0.25, -0.2) is 8.42 Å². The molecule has 1 amide bonds. The molecule has 0 saturated carbocycles. The van der Waals surface area contributed by atoms with Crippen molar-refractivity contribution in [2.75, 3.05) is 18.5 Å². The molecular formula is C26H27N3O4S. The predicted octanol–water partition coefficient (Wildman–Crippen LogP) is 4.29. The summed E-state index contributed by atoms with van der Waals surface area (Å²) < 4.78 is 33.8. The first-order chi connectivity index (χ1) is 16.3. The first-order valence-corrected chi connectivity index (χ1v) is 12.3. The lowest BCUT2D eigenvalue weighted by molar-refractivity contribution is -0.116. The van der Waals surface area contributed by atoms with Crippen molar-refractivity contribution >= 4 is 21.6 Å². The number of carbonyl (C=O) groups is 1. The minimum absolute atomic E-state index is 0.0456. The number of carbonyl (C=O) groups excluding carboxylic acids is 1. The molecule has 3 rings (SSSR count). The van der Waals surface area contributed by atoms with Crippen molar-refractivity contribution in [3.63, 3.8) is 0 Å². The van der Waals surface area contributed by atoms with Crippen LogP contribution in [-0.4, -0.2) is 31.8 Å². The molecule has 0 saturated heterocycles. The summed E-state index contributed by atoms with van der Waals surface area (Å²) in [6.07, 6.45) is 0.277. The van der Waals surface area contributed by atoms with E-state index in [4.69, 9.17) is 10.00 Å². The molecule has 1 N–H and O–H groups in total. The molecule has 0 aliphatic rings. The fourth-order valence-corrected chi connectivity index (χ4v) is 4.89. The highest BCUT2D eigenvalue weighted by Gasteiger charge is 2.27. The van der Waals surface area contributed by atoms with Crippen molar-refractivity contribution in [1.29, 1.82) is 5.26 Å². The normalized spacial score (nSPS) is 11.1. The number of ether oxygens (including phenoxy) is 1. The number of amides is 1. The first-order valence-electron chi connectivity index (χ1n) is 10.9. The van der Waals surface area contributed by atoms with Crippen molar-refractivity contribution in [3.05, 3.63) is 89.5 Å². The van der Waals surface area contributed by atoms with Crippen molar-refractivity contribution in [2.24, 2.45) is 0 Å². The highest BCUT2D eigenvalue weighted by molar-refractivity contribution is 7.89. The lowest BCUT2D eigenvalue weighted by Crippen LogP contribution is -2.37. The molecule has 8 heteroatoms. The molecule has 0 radical (unpaired) electrons. The highest BCUT2D eigenvalue weighted by Crippen LogP contribution is 2.25. The molecule has 0 aliphatic carbocycles. The Morgan fingerprint density at radius 1 is 1.03 bits per heavy atom. The monoisotopic (exact) mass is 477 g/mol. The van der Waals surface area contributed by atoms with E-state index in [9.17, 15) is 13.2 Å². The molecule has 7 nitrogen and oxygen atoms in total. The Hall–Kier alpha value is -3.67. The van der Waals surface area contributed by atoms with Gasteiger partial charge in [0.1, 0.15) is 5.75 Å². The highest BCUT2D eigenvalue weighted by atomic mass is 32.2. The molecule has 0 bridgehead atoms. The van der Waals surface area contributed by atoms with Gasteiger partial charge in [0.25, 0.3) is 0 Å². The maximum Gasteiger partial charge on any atom is 0.243 e. The van der Waals surface area contributed by atoms with Gasteiger partial charge in [-0.2, -0.15) is 9.57 Å². The van der Waals surface area contributed by atoms with Gasteiger partial charge in [-0.15, -0.1) is 0 Å². The molecule has 3 aromatic carbocycles. The number of aryl methyl sites for hydroxylation is 1. The Morgan fingerprint density at radius 3 is 2.35 bits per heavy atom. The largest absolute Gasteiger partial charge is 0.494 e. The summed E-state index contributed by atoms with van der Waals surface area (Å²) in [4.78, 5) is 12.9. The number of rotatable bonds is 10. The van der Waals surface area contributed by atoms with Crippen LogP contribution in [0.25, 0.3) is 0 Å². The predicted molar refractivity (Wildman–Crippen MR) is 131 cm³/mol. The number of nitriles is 1. The molecule has 0 fully saturated rings. The van der Waals surface area contributed by atoms with E-state index in [0.29, 0.717) is 23.6 Å². The van der Waals surface area contributed by atoms with Crippen LogP contribution >= 0.6 is 0 Å². The number of nitrogens with zero attached hydrogens (tertiary/aromatic N) is 2. The molecule has 0 atom stereocenters. The summed E-state index contributed by atoms with van der Waals surface area (Å²) in [5.41, 5.74) is 2.83. The minimum Gasteiger partial charge on any atom is -0.494 e. The van der Waals surface area contributed by atoms with Crippen molar-refractivity contribution in [1.82, 2.24) is 4.31 Å². The summed E-state index contributed by atoms with van der Waals surface area (Å²) >= 11 is 0. The Balaban J connectivity index is 1.85. The zero-order chi connectivity index (χ0) is 24.6. The van der Waals surface area contributed by atoms with Crippen LogP contribution in [0.5, 0.6) is 5.75 Å². The summed E-state index contributed by atoms with van der Waals surface area (Å²) in [5, 5.41) is 11.5. The van der Waals surface area contributed by atoms with Crippen LogP contribution in [0.2, 0.25) is 0 Å². The van der Waals surface area contributed by atoms with Gasteiger partial charge in [-0.3, -0.25) is 4.79 Å². The second-order valence-electron chi connectivity index (χ2n) is 7.70. The van der Waals surface area contributed by atoms with E-state index in [1.165, 1.54) is 6.07 Å². The maximum absolute atomic E-state index is 13.5. The van der Waals surface area contributed by atoms with Crippen molar-refractivity contribution in [3.8, 4) is 11.8 Å². The zero-order valence-electron chi connectivity index (χ0n) is 19.2. The molecular weight excluding hydrogens is 450 g/mol. The molecule has 176 valence electrons. The molecule has 0 heterocycles. The minimum atomic E-state index is -3.97. The molecule has 3 aromatic rings. The number of sulfonamides is 1. The van der Waals surface area contributed by atoms with Crippen LogP contribution in [0.1, 0.15) is 23.6 Å². The lowest BCUT2D eigenvalue weighted by Gasteiger charge is -2.22. The van der Waals surface area contributed by atoms with Crippen LogP contribution < -0.4 is 10.1 Å². The Morgan fingerprint density at radius 2 is 1.74 bits per heavy atom. The van der Waals surface area contributed by atoms with Gasteiger partial charge in [0.05, 0.1) is 30.5 Å². The van der Waals surface area contributed by atoms with E-state index in [0.717, 1.165) is 15.4 Å². The SMILES string of the molecule is CCOc1ccc(S(=O)(=O)N(CC(=O)Nc2ccc(CC#N)cc2)Cc2ccccc2)cc1C. The van der Waals surface area contributed by atoms with Crippen LogP contribution in [0.15, 0.2) is 77.7 Å². The third-order valence-corrected chi connectivity index (χ3v) is 6.91. The third kappa shape index (κ3) is 6.44. The average Bonchev–Trinajstić information content (AvgIpc) is 2.82.